The van der Waals surface area contributed by atoms with Crippen LogP contribution in [0.3, 0.4) is 0 Å². The van der Waals surface area contributed by atoms with Crippen LogP contribution in [0.2, 0.25) is 0 Å². The monoisotopic (exact) mass is 677 g/mol. The van der Waals surface area contributed by atoms with Gasteiger partial charge in [0.2, 0.25) is 17.6 Å². The number of sulfone groups is 1. The second-order valence-corrected chi connectivity index (χ2v) is 19.0. The number of rotatable bonds is 11. The molecule has 1 heterocycles. The van der Waals surface area contributed by atoms with Crippen LogP contribution < -0.4 is 21.3 Å². The van der Waals surface area contributed by atoms with Crippen LogP contribution in [0.4, 0.5) is 4.79 Å². The Morgan fingerprint density at radius 3 is 2.09 bits per heavy atom. The molecule has 0 radical (unpaired) electrons. The molecule has 5 amide bonds. The molecule has 0 aromatic carbocycles. The number of ketones is 1. The van der Waals surface area contributed by atoms with Crippen LogP contribution in [0.25, 0.3) is 0 Å². The summed E-state index contributed by atoms with van der Waals surface area (Å²) >= 11 is 0. The van der Waals surface area contributed by atoms with Crippen molar-refractivity contribution >= 4 is 39.4 Å². The number of Topliss-reactive ketones (excluding diaryl/α,β-unsaturated/α-hetero) is 1. The van der Waals surface area contributed by atoms with Crippen molar-refractivity contribution in [2.24, 2.45) is 22.7 Å². The SMILES string of the molecule is C#CCCC(NC(=O)[C@@H]1C2C(CN1C(=O)[C@@H](NC(=O)NC1(CS(=O)(=O)C(C)(C)C)CCCCC1)C(C)(C)C)C2(C)C)C(=O)C(=O)NC. The molecule has 3 aliphatic rings. The third-order valence-corrected chi connectivity index (χ3v) is 13.2. The second-order valence-electron chi connectivity index (χ2n) is 16.2. The summed E-state index contributed by atoms with van der Waals surface area (Å²) in [6, 6.07) is -3.78. The van der Waals surface area contributed by atoms with E-state index in [1.54, 1.807) is 20.8 Å². The highest BCUT2D eigenvalue weighted by Crippen LogP contribution is 2.65. The van der Waals surface area contributed by atoms with E-state index >= 15 is 0 Å². The fourth-order valence-electron chi connectivity index (χ4n) is 7.18. The van der Waals surface area contributed by atoms with Gasteiger partial charge >= 0.3 is 6.03 Å². The topological polar surface area (TPSA) is 171 Å². The van der Waals surface area contributed by atoms with E-state index in [-0.39, 0.29) is 42.4 Å². The maximum absolute atomic E-state index is 14.3. The van der Waals surface area contributed by atoms with Crippen molar-refractivity contribution in [3.05, 3.63) is 0 Å². The summed E-state index contributed by atoms with van der Waals surface area (Å²) < 4.78 is 25.5. The standard InChI is InChI=1S/C34H55N5O7S/c1-11-12-16-22(25(40)28(42)35-10)36-27(41)24-23-21(33(23,8)9)19-39(24)29(43)26(31(2,3)4)37-30(44)38-34(17-14-13-15-18-34)20-47(45,46)32(5,6)7/h1,21-24,26H,12-20H2,2-10H3,(H,35,42)(H,36,41)(H2,37,38,44)/t21?,22?,23?,24-,26+/m0/s1. The van der Waals surface area contributed by atoms with Crippen molar-refractivity contribution in [3.8, 4) is 12.3 Å². The normalized spacial score (nSPS) is 24.5. The average Bonchev–Trinajstić information content (AvgIpc) is 3.27. The van der Waals surface area contributed by atoms with Crippen LogP contribution in [-0.4, -0.2) is 90.6 Å². The van der Waals surface area contributed by atoms with Gasteiger partial charge in [0.1, 0.15) is 12.1 Å². The van der Waals surface area contributed by atoms with Crippen molar-refractivity contribution in [2.45, 2.75) is 129 Å². The fraction of sp³-hybridized carbons (Fsp3) is 0.794. The minimum atomic E-state index is -3.57. The number of carbonyl (C=O) groups excluding carboxylic acids is 5. The number of likely N-dealkylation sites (tertiary alicyclic amines) is 1. The predicted molar refractivity (Wildman–Crippen MR) is 180 cm³/mol. The number of nitrogens with zero attached hydrogens (tertiary/aromatic N) is 1. The van der Waals surface area contributed by atoms with Crippen LogP contribution in [-0.2, 0) is 29.0 Å². The number of urea groups is 1. The van der Waals surface area contributed by atoms with E-state index in [1.165, 1.54) is 11.9 Å². The van der Waals surface area contributed by atoms with Gasteiger partial charge < -0.3 is 26.2 Å². The Kier molecular flexibility index (Phi) is 11.2. The van der Waals surface area contributed by atoms with Crippen LogP contribution >= 0.6 is 0 Å². The Labute approximate surface area is 280 Å². The molecule has 47 heavy (non-hydrogen) atoms. The largest absolute Gasteiger partial charge is 0.353 e. The first-order valence-corrected chi connectivity index (χ1v) is 18.3. The van der Waals surface area contributed by atoms with Gasteiger partial charge in [0.15, 0.2) is 9.84 Å². The number of hydrogen-bond acceptors (Lipinski definition) is 7. The van der Waals surface area contributed by atoms with Gasteiger partial charge in [-0.3, -0.25) is 19.2 Å². The molecule has 13 heteroatoms. The van der Waals surface area contributed by atoms with E-state index in [0.717, 1.165) is 19.3 Å². The average molecular weight is 678 g/mol. The summed E-state index contributed by atoms with van der Waals surface area (Å²) in [6.07, 6.45) is 9.12. The molecule has 264 valence electrons. The summed E-state index contributed by atoms with van der Waals surface area (Å²) in [5.74, 6) is -0.606. The molecule has 5 atom stereocenters. The van der Waals surface area contributed by atoms with Gasteiger partial charge in [0, 0.05) is 20.0 Å². The molecule has 0 spiro atoms. The quantitative estimate of drug-likeness (QED) is 0.192. The Hall–Kier alpha value is -3.14. The van der Waals surface area contributed by atoms with Gasteiger partial charge in [-0.25, -0.2) is 13.2 Å². The maximum Gasteiger partial charge on any atom is 0.315 e. The highest BCUT2D eigenvalue weighted by atomic mass is 32.2. The van der Waals surface area contributed by atoms with E-state index in [2.05, 4.69) is 27.2 Å². The molecule has 0 aromatic heterocycles. The molecule has 0 bridgehead atoms. The lowest BCUT2D eigenvalue weighted by molar-refractivity contribution is -0.145. The van der Waals surface area contributed by atoms with E-state index < -0.39 is 73.2 Å². The summed E-state index contributed by atoms with van der Waals surface area (Å²) in [5, 5.41) is 10.8. The zero-order valence-electron chi connectivity index (χ0n) is 29.5. The van der Waals surface area contributed by atoms with Crippen molar-refractivity contribution in [1.29, 1.82) is 0 Å². The zero-order chi connectivity index (χ0) is 35.8. The third-order valence-electron chi connectivity index (χ3n) is 10.4. The van der Waals surface area contributed by atoms with E-state index in [0.29, 0.717) is 12.8 Å². The summed E-state index contributed by atoms with van der Waals surface area (Å²) in [7, 11) is -2.24. The van der Waals surface area contributed by atoms with Crippen molar-refractivity contribution in [3.63, 3.8) is 0 Å². The number of terminal acetylenes is 1. The molecule has 3 fully saturated rings. The Morgan fingerprint density at radius 1 is 0.979 bits per heavy atom. The number of amides is 5. The molecular weight excluding hydrogens is 622 g/mol. The number of likely N-dealkylation sites (N-methyl/N-ethyl adjacent to an activating group) is 1. The molecule has 3 rings (SSSR count). The van der Waals surface area contributed by atoms with Gasteiger partial charge in [-0.1, -0.05) is 53.9 Å². The molecule has 1 aliphatic heterocycles. The fourth-order valence-corrected chi connectivity index (χ4v) is 8.71. The van der Waals surface area contributed by atoms with E-state index in [9.17, 15) is 32.4 Å². The summed E-state index contributed by atoms with van der Waals surface area (Å²) in [4.78, 5) is 68.3. The van der Waals surface area contributed by atoms with Gasteiger partial charge in [0.05, 0.1) is 22.1 Å². The first kappa shape index (κ1) is 38.3. The molecule has 3 unspecified atom stereocenters. The van der Waals surface area contributed by atoms with E-state index in [1.807, 2.05) is 34.6 Å². The van der Waals surface area contributed by atoms with Crippen LogP contribution in [0.15, 0.2) is 0 Å². The first-order valence-electron chi connectivity index (χ1n) is 16.6. The number of hydrogen-bond donors (Lipinski definition) is 4. The van der Waals surface area contributed by atoms with Crippen molar-refractivity contribution < 1.29 is 32.4 Å². The molecule has 4 N–H and O–H groups in total. The van der Waals surface area contributed by atoms with Crippen LogP contribution in [0.1, 0.15) is 100 Å². The number of fused-ring (bicyclic) bond motifs is 1. The molecule has 2 aliphatic carbocycles. The highest BCUT2D eigenvalue weighted by molar-refractivity contribution is 7.92. The highest BCUT2D eigenvalue weighted by Gasteiger charge is 2.70. The number of nitrogens with one attached hydrogen (secondary N) is 4. The molecule has 0 aromatic rings. The Balaban J connectivity index is 1.87. The maximum atomic E-state index is 14.3. The van der Waals surface area contributed by atoms with Crippen LogP contribution in [0, 0.1) is 35.0 Å². The number of carbonyl (C=O) groups is 5. The summed E-state index contributed by atoms with van der Waals surface area (Å²) in [6.45, 7) is 14.7. The Bertz CT molecular complexity index is 1400. The van der Waals surface area contributed by atoms with Crippen LogP contribution in [0.5, 0.6) is 0 Å². The zero-order valence-corrected chi connectivity index (χ0v) is 30.4. The first-order chi connectivity index (χ1) is 21.5. The lowest BCUT2D eigenvalue weighted by atomic mass is 9.83. The Morgan fingerprint density at radius 2 is 1.57 bits per heavy atom. The van der Waals surface area contributed by atoms with Crippen molar-refractivity contribution in [2.75, 3.05) is 19.3 Å². The molecule has 1 saturated heterocycles. The number of piperidine rings is 1. The van der Waals surface area contributed by atoms with Gasteiger partial charge in [-0.05, 0) is 62.7 Å². The minimum absolute atomic E-state index is 0.0311. The molecule has 12 nitrogen and oxygen atoms in total. The van der Waals surface area contributed by atoms with Gasteiger partial charge in [-0.15, -0.1) is 12.3 Å². The summed E-state index contributed by atoms with van der Waals surface area (Å²) in [5.41, 5.74) is -1.97. The lowest BCUT2D eigenvalue weighted by Gasteiger charge is -2.41. The molecular formula is C34H55N5O7S. The predicted octanol–water partition coefficient (Wildman–Crippen LogP) is 2.31. The van der Waals surface area contributed by atoms with Gasteiger partial charge in [-0.2, -0.15) is 0 Å². The second kappa shape index (κ2) is 13.8. The van der Waals surface area contributed by atoms with E-state index in [4.69, 9.17) is 6.42 Å². The lowest BCUT2D eigenvalue weighted by Crippen LogP contribution is -2.64. The minimum Gasteiger partial charge on any atom is -0.353 e. The van der Waals surface area contributed by atoms with Crippen molar-refractivity contribution in [1.82, 2.24) is 26.2 Å². The third kappa shape index (κ3) is 8.30. The smallest absolute Gasteiger partial charge is 0.315 e. The molecule has 2 saturated carbocycles. The van der Waals surface area contributed by atoms with Gasteiger partial charge in [0.25, 0.3) is 5.91 Å².